The van der Waals surface area contributed by atoms with Gasteiger partial charge in [0.25, 0.3) is 5.91 Å². The summed E-state index contributed by atoms with van der Waals surface area (Å²) >= 11 is 3.36. The van der Waals surface area contributed by atoms with Crippen molar-refractivity contribution >= 4 is 27.5 Å². The molecule has 1 aromatic carbocycles. The monoisotopic (exact) mass is 452 g/mol. The number of carbonyl (C=O) groups excluding carboxylic acids is 1. The minimum absolute atomic E-state index is 0.101. The zero-order chi connectivity index (χ0) is 19.9. The largest absolute Gasteiger partial charge is 0.417 e. The van der Waals surface area contributed by atoms with Gasteiger partial charge >= 0.3 is 6.18 Å². The second kappa shape index (κ2) is 7.20. The molecule has 1 amide bonds. The van der Waals surface area contributed by atoms with E-state index in [1.807, 2.05) is 6.07 Å². The van der Waals surface area contributed by atoms with Gasteiger partial charge in [-0.05, 0) is 43.2 Å². The van der Waals surface area contributed by atoms with Crippen LogP contribution in [0.4, 0.5) is 13.2 Å². The molecule has 0 aliphatic carbocycles. The van der Waals surface area contributed by atoms with E-state index >= 15 is 0 Å². The first-order valence-corrected chi connectivity index (χ1v) is 9.59. The molecule has 3 heterocycles. The molecule has 1 unspecified atom stereocenters. The molecule has 0 radical (unpaired) electrons. The number of nitrogens with zero attached hydrogens (tertiary/aromatic N) is 4. The maximum atomic E-state index is 13.1. The van der Waals surface area contributed by atoms with Gasteiger partial charge in [0.1, 0.15) is 5.82 Å². The van der Waals surface area contributed by atoms with E-state index in [1.54, 1.807) is 23.1 Å². The van der Waals surface area contributed by atoms with Crippen molar-refractivity contribution in [1.82, 2.24) is 19.5 Å². The lowest BCUT2D eigenvalue weighted by Crippen LogP contribution is -2.39. The van der Waals surface area contributed by atoms with Gasteiger partial charge in [-0.25, -0.2) is 0 Å². The standard InChI is InChI=1S/C19H16BrF3N4O/c20-15-5-1-3-12(9-15)18(28)26-8-2-4-13(10-26)17-25-24-16-7-6-14(11-27(16)17)19(21,22)23/h1,3,5-7,9,11,13H,2,4,8,10H2. The summed E-state index contributed by atoms with van der Waals surface area (Å²) in [7, 11) is 0. The van der Waals surface area contributed by atoms with Gasteiger partial charge in [-0.15, -0.1) is 10.2 Å². The number of benzene rings is 1. The Morgan fingerprint density at radius 1 is 1.18 bits per heavy atom. The molecule has 0 bridgehead atoms. The van der Waals surface area contributed by atoms with Crippen molar-refractivity contribution in [3.63, 3.8) is 0 Å². The van der Waals surface area contributed by atoms with Crippen molar-refractivity contribution in [2.24, 2.45) is 0 Å². The molecule has 0 spiro atoms. The van der Waals surface area contributed by atoms with E-state index < -0.39 is 11.7 Å². The molecule has 3 aromatic rings. The van der Waals surface area contributed by atoms with E-state index in [0.29, 0.717) is 30.1 Å². The number of carbonyl (C=O) groups is 1. The number of hydrogen-bond acceptors (Lipinski definition) is 3. The molecule has 1 aliphatic heterocycles. The van der Waals surface area contributed by atoms with Crippen LogP contribution in [0.1, 0.15) is 40.5 Å². The summed E-state index contributed by atoms with van der Waals surface area (Å²) in [5, 5.41) is 8.12. The Morgan fingerprint density at radius 3 is 2.75 bits per heavy atom. The molecule has 1 atom stereocenters. The van der Waals surface area contributed by atoms with E-state index in [4.69, 9.17) is 0 Å². The molecule has 5 nitrogen and oxygen atoms in total. The third-order valence-electron chi connectivity index (χ3n) is 4.90. The molecule has 1 aliphatic rings. The molecule has 0 N–H and O–H groups in total. The predicted molar refractivity (Wildman–Crippen MR) is 100 cm³/mol. The average Bonchev–Trinajstić information content (AvgIpc) is 3.10. The van der Waals surface area contributed by atoms with Crippen LogP contribution in [0.15, 0.2) is 47.1 Å². The summed E-state index contributed by atoms with van der Waals surface area (Å²) in [6.07, 6.45) is -1.93. The van der Waals surface area contributed by atoms with E-state index in [0.717, 1.165) is 29.6 Å². The molecular weight excluding hydrogens is 437 g/mol. The van der Waals surface area contributed by atoms with Crippen LogP contribution in [0.2, 0.25) is 0 Å². The summed E-state index contributed by atoms with van der Waals surface area (Å²) in [6, 6.07) is 9.46. The summed E-state index contributed by atoms with van der Waals surface area (Å²) in [6.45, 7) is 0.995. The Kier molecular flexibility index (Phi) is 4.86. The highest BCUT2D eigenvalue weighted by molar-refractivity contribution is 9.10. The number of pyridine rings is 1. The molecular formula is C19H16BrF3N4O. The fraction of sp³-hybridized carbons (Fsp3) is 0.316. The minimum atomic E-state index is -4.44. The molecule has 2 aromatic heterocycles. The number of alkyl halides is 3. The fourth-order valence-electron chi connectivity index (χ4n) is 3.53. The van der Waals surface area contributed by atoms with Crippen LogP contribution < -0.4 is 0 Å². The van der Waals surface area contributed by atoms with Crippen LogP contribution >= 0.6 is 15.9 Å². The van der Waals surface area contributed by atoms with Crippen LogP contribution in [-0.2, 0) is 6.18 Å². The molecule has 1 saturated heterocycles. The van der Waals surface area contributed by atoms with Gasteiger partial charge in [0, 0.05) is 35.2 Å². The van der Waals surface area contributed by atoms with Crippen molar-refractivity contribution < 1.29 is 18.0 Å². The number of likely N-dealkylation sites (tertiary alicyclic amines) is 1. The number of amides is 1. The van der Waals surface area contributed by atoms with Gasteiger partial charge in [-0.2, -0.15) is 13.2 Å². The zero-order valence-electron chi connectivity index (χ0n) is 14.7. The van der Waals surface area contributed by atoms with Gasteiger partial charge in [-0.3, -0.25) is 9.20 Å². The quantitative estimate of drug-likeness (QED) is 0.573. The third-order valence-corrected chi connectivity index (χ3v) is 5.39. The molecule has 4 rings (SSSR count). The van der Waals surface area contributed by atoms with E-state index in [9.17, 15) is 18.0 Å². The molecule has 1 fully saturated rings. The van der Waals surface area contributed by atoms with Crippen molar-refractivity contribution in [2.75, 3.05) is 13.1 Å². The molecule has 0 saturated carbocycles. The molecule has 28 heavy (non-hydrogen) atoms. The second-order valence-corrected chi connectivity index (χ2v) is 7.72. The Hall–Kier alpha value is -2.42. The van der Waals surface area contributed by atoms with Gasteiger partial charge in [0.2, 0.25) is 0 Å². The highest BCUT2D eigenvalue weighted by atomic mass is 79.9. The number of piperidine rings is 1. The predicted octanol–water partition coefficient (Wildman–Crippen LogP) is 4.53. The first-order valence-electron chi connectivity index (χ1n) is 8.79. The first kappa shape index (κ1) is 18.9. The summed E-state index contributed by atoms with van der Waals surface area (Å²) in [5.41, 5.74) is 0.179. The van der Waals surface area contributed by atoms with Gasteiger partial charge in [0.15, 0.2) is 5.65 Å². The van der Waals surface area contributed by atoms with Crippen LogP contribution in [-0.4, -0.2) is 38.5 Å². The van der Waals surface area contributed by atoms with Crippen molar-refractivity contribution in [3.8, 4) is 0 Å². The third kappa shape index (κ3) is 3.63. The lowest BCUT2D eigenvalue weighted by Gasteiger charge is -2.32. The maximum absolute atomic E-state index is 13.1. The van der Waals surface area contributed by atoms with E-state index in [-0.39, 0.29) is 11.8 Å². The minimum Gasteiger partial charge on any atom is -0.338 e. The Balaban J connectivity index is 1.62. The highest BCUT2D eigenvalue weighted by Crippen LogP contribution is 2.31. The number of halogens is 4. The summed E-state index contributed by atoms with van der Waals surface area (Å²) in [4.78, 5) is 14.6. The number of rotatable bonds is 2. The van der Waals surface area contributed by atoms with Crippen molar-refractivity contribution in [3.05, 3.63) is 64.0 Å². The summed E-state index contributed by atoms with van der Waals surface area (Å²) in [5.74, 6) is 0.173. The number of hydrogen-bond donors (Lipinski definition) is 0. The smallest absolute Gasteiger partial charge is 0.338 e. The second-order valence-electron chi connectivity index (χ2n) is 6.80. The summed E-state index contributed by atoms with van der Waals surface area (Å²) < 4.78 is 41.4. The van der Waals surface area contributed by atoms with E-state index in [2.05, 4.69) is 26.1 Å². The number of aromatic nitrogens is 3. The average molecular weight is 453 g/mol. The van der Waals surface area contributed by atoms with Gasteiger partial charge in [-0.1, -0.05) is 22.0 Å². The van der Waals surface area contributed by atoms with Gasteiger partial charge < -0.3 is 4.90 Å². The van der Waals surface area contributed by atoms with Crippen LogP contribution in [0, 0.1) is 0 Å². The number of fused-ring (bicyclic) bond motifs is 1. The Bertz CT molecular complexity index is 1030. The van der Waals surface area contributed by atoms with Crippen molar-refractivity contribution in [2.45, 2.75) is 24.9 Å². The first-order chi connectivity index (χ1) is 13.3. The molecule has 9 heteroatoms. The van der Waals surface area contributed by atoms with Crippen LogP contribution in [0.3, 0.4) is 0 Å². The lowest BCUT2D eigenvalue weighted by atomic mass is 9.96. The Labute approximate surface area is 167 Å². The maximum Gasteiger partial charge on any atom is 0.417 e. The topological polar surface area (TPSA) is 50.5 Å². The molecule has 146 valence electrons. The van der Waals surface area contributed by atoms with E-state index in [1.165, 1.54) is 10.5 Å². The van der Waals surface area contributed by atoms with Crippen LogP contribution in [0.5, 0.6) is 0 Å². The lowest BCUT2D eigenvalue weighted by molar-refractivity contribution is -0.137. The normalized spacial score (nSPS) is 17.9. The van der Waals surface area contributed by atoms with Gasteiger partial charge in [0.05, 0.1) is 5.56 Å². The highest BCUT2D eigenvalue weighted by Gasteiger charge is 2.33. The van der Waals surface area contributed by atoms with Crippen molar-refractivity contribution in [1.29, 1.82) is 0 Å². The zero-order valence-corrected chi connectivity index (χ0v) is 16.2. The SMILES string of the molecule is O=C(c1cccc(Br)c1)N1CCCC(c2nnc3ccc(C(F)(F)F)cn23)C1. The Morgan fingerprint density at radius 2 is 2.00 bits per heavy atom. The fourth-order valence-corrected chi connectivity index (χ4v) is 3.93. The van der Waals surface area contributed by atoms with Crippen LogP contribution in [0.25, 0.3) is 5.65 Å².